The van der Waals surface area contributed by atoms with Gasteiger partial charge in [-0.2, -0.15) is 4.31 Å². The first kappa shape index (κ1) is 12.6. The van der Waals surface area contributed by atoms with Crippen molar-refractivity contribution in [2.24, 2.45) is 0 Å². The molecular weight excluding hydrogens is 258 g/mol. The summed E-state index contributed by atoms with van der Waals surface area (Å²) in [6, 6.07) is 9.73. The molecule has 0 spiro atoms. The van der Waals surface area contributed by atoms with E-state index in [2.05, 4.69) is 6.08 Å². The third-order valence-electron chi connectivity index (χ3n) is 3.77. The first-order chi connectivity index (χ1) is 9.17. The number of hydrogen-bond donors (Lipinski definition) is 0. The number of benzene rings is 1. The van der Waals surface area contributed by atoms with Crippen molar-refractivity contribution in [2.75, 3.05) is 0 Å². The Morgan fingerprint density at radius 3 is 2.68 bits per heavy atom. The average molecular weight is 275 g/mol. The molecule has 1 fully saturated rings. The standard InChI is InChI=1S/C15H17NO2S/c17-19(18,12-11-13-5-2-1-3-6-13)16-14-7-4-8-15(16)10-9-14/h1-7,11-12,14-15H,8-10H2. The van der Waals surface area contributed by atoms with Crippen LogP contribution in [0.25, 0.3) is 6.08 Å². The molecule has 0 radical (unpaired) electrons. The summed E-state index contributed by atoms with van der Waals surface area (Å²) in [4.78, 5) is 0. The van der Waals surface area contributed by atoms with E-state index >= 15 is 0 Å². The van der Waals surface area contributed by atoms with Crippen LogP contribution in [0.3, 0.4) is 0 Å². The van der Waals surface area contributed by atoms with Crippen molar-refractivity contribution in [1.82, 2.24) is 4.31 Å². The Hall–Kier alpha value is -1.39. The third kappa shape index (κ3) is 2.51. The van der Waals surface area contributed by atoms with Crippen molar-refractivity contribution >= 4 is 16.1 Å². The minimum Gasteiger partial charge on any atom is -0.207 e. The van der Waals surface area contributed by atoms with Gasteiger partial charge in [-0.05, 0) is 30.9 Å². The van der Waals surface area contributed by atoms with Gasteiger partial charge in [0.15, 0.2) is 0 Å². The van der Waals surface area contributed by atoms with Gasteiger partial charge < -0.3 is 0 Å². The summed E-state index contributed by atoms with van der Waals surface area (Å²) in [6.07, 6.45) is 8.56. The van der Waals surface area contributed by atoms with Gasteiger partial charge in [-0.3, -0.25) is 0 Å². The van der Waals surface area contributed by atoms with Gasteiger partial charge in [-0.15, -0.1) is 0 Å². The SMILES string of the molecule is O=S(=O)(C=Cc1ccccc1)N1C2C=CCC1CC2. The van der Waals surface area contributed by atoms with Crippen LogP contribution in [-0.4, -0.2) is 24.8 Å². The molecular formula is C15H17NO2S. The molecule has 3 rings (SSSR count). The summed E-state index contributed by atoms with van der Waals surface area (Å²) in [7, 11) is -3.32. The van der Waals surface area contributed by atoms with Crippen LogP contribution in [0.4, 0.5) is 0 Å². The maximum atomic E-state index is 12.4. The lowest BCUT2D eigenvalue weighted by Gasteiger charge is -2.28. The highest BCUT2D eigenvalue weighted by Crippen LogP contribution is 2.34. The van der Waals surface area contributed by atoms with E-state index in [1.807, 2.05) is 36.4 Å². The Labute approximate surface area is 114 Å². The molecule has 0 N–H and O–H groups in total. The van der Waals surface area contributed by atoms with Gasteiger partial charge in [0.2, 0.25) is 10.0 Å². The average Bonchev–Trinajstić information content (AvgIpc) is 2.70. The third-order valence-corrected chi connectivity index (χ3v) is 5.41. The molecule has 3 nitrogen and oxygen atoms in total. The molecule has 0 aromatic heterocycles. The fourth-order valence-corrected chi connectivity index (χ4v) is 4.51. The predicted molar refractivity (Wildman–Crippen MR) is 76.8 cm³/mol. The second-order valence-corrected chi connectivity index (χ2v) is 6.77. The highest BCUT2D eigenvalue weighted by molar-refractivity contribution is 7.92. The van der Waals surface area contributed by atoms with Crippen LogP contribution in [0.15, 0.2) is 47.9 Å². The van der Waals surface area contributed by atoms with Gasteiger partial charge in [0.1, 0.15) is 0 Å². The van der Waals surface area contributed by atoms with Gasteiger partial charge in [0.05, 0.1) is 0 Å². The molecule has 4 heteroatoms. The van der Waals surface area contributed by atoms with E-state index in [0.717, 1.165) is 24.8 Å². The van der Waals surface area contributed by atoms with Crippen molar-refractivity contribution < 1.29 is 8.42 Å². The van der Waals surface area contributed by atoms with Crippen LogP contribution in [0.2, 0.25) is 0 Å². The molecule has 0 amide bonds. The molecule has 2 unspecified atom stereocenters. The number of nitrogens with zero attached hydrogens (tertiary/aromatic N) is 1. The zero-order valence-electron chi connectivity index (χ0n) is 10.6. The summed E-state index contributed by atoms with van der Waals surface area (Å²) in [5.41, 5.74) is 0.908. The van der Waals surface area contributed by atoms with Crippen LogP contribution in [0.1, 0.15) is 24.8 Å². The summed E-state index contributed by atoms with van der Waals surface area (Å²) >= 11 is 0. The normalized spacial score (nSPS) is 27.2. The van der Waals surface area contributed by atoms with Crippen LogP contribution in [-0.2, 0) is 10.0 Å². The number of rotatable bonds is 3. The highest BCUT2D eigenvalue weighted by Gasteiger charge is 2.40. The van der Waals surface area contributed by atoms with Crippen molar-refractivity contribution in [3.8, 4) is 0 Å². The molecule has 1 aromatic carbocycles. The number of hydrogen-bond acceptors (Lipinski definition) is 2. The molecule has 2 bridgehead atoms. The molecule has 0 saturated carbocycles. The Bertz CT molecular complexity index is 604. The van der Waals surface area contributed by atoms with Crippen molar-refractivity contribution in [1.29, 1.82) is 0 Å². The monoisotopic (exact) mass is 275 g/mol. The molecule has 2 aliphatic heterocycles. The van der Waals surface area contributed by atoms with E-state index in [0.29, 0.717) is 0 Å². The van der Waals surface area contributed by atoms with E-state index in [-0.39, 0.29) is 12.1 Å². The smallest absolute Gasteiger partial charge is 0.207 e. The molecule has 1 aromatic rings. The van der Waals surface area contributed by atoms with Crippen molar-refractivity contribution in [3.63, 3.8) is 0 Å². The predicted octanol–water partition coefficient (Wildman–Crippen LogP) is 2.78. The van der Waals surface area contributed by atoms with Crippen molar-refractivity contribution in [2.45, 2.75) is 31.3 Å². The minimum atomic E-state index is -3.32. The van der Waals surface area contributed by atoms with E-state index < -0.39 is 10.0 Å². The number of fused-ring (bicyclic) bond motifs is 2. The number of sulfonamides is 1. The fourth-order valence-electron chi connectivity index (χ4n) is 2.88. The Morgan fingerprint density at radius 2 is 1.95 bits per heavy atom. The van der Waals surface area contributed by atoms with E-state index in [1.54, 1.807) is 10.4 Å². The maximum Gasteiger partial charge on any atom is 0.237 e. The fraction of sp³-hybridized carbons (Fsp3) is 0.333. The first-order valence-corrected chi connectivity index (χ1v) is 8.10. The molecule has 0 aliphatic carbocycles. The molecule has 1 saturated heterocycles. The summed E-state index contributed by atoms with van der Waals surface area (Å²) < 4.78 is 26.5. The first-order valence-electron chi connectivity index (χ1n) is 6.60. The van der Waals surface area contributed by atoms with Gasteiger partial charge >= 0.3 is 0 Å². The molecule has 2 heterocycles. The van der Waals surface area contributed by atoms with Gasteiger partial charge in [-0.1, -0.05) is 42.5 Å². The van der Waals surface area contributed by atoms with Gasteiger partial charge in [-0.25, -0.2) is 8.42 Å². The molecule has 100 valence electrons. The Balaban J connectivity index is 1.84. The largest absolute Gasteiger partial charge is 0.237 e. The zero-order chi connectivity index (χ0) is 13.3. The molecule has 2 aliphatic rings. The second kappa shape index (κ2) is 4.94. The quantitative estimate of drug-likeness (QED) is 0.795. The van der Waals surface area contributed by atoms with E-state index in [1.165, 1.54) is 5.41 Å². The van der Waals surface area contributed by atoms with Crippen LogP contribution in [0.5, 0.6) is 0 Å². The Morgan fingerprint density at radius 1 is 1.16 bits per heavy atom. The lowest BCUT2D eigenvalue weighted by atomic mass is 10.2. The van der Waals surface area contributed by atoms with Crippen LogP contribution in [0, 0.1) is 0 Å². The lowest BCUT2D eigenvalue weighted by molar-refractivity contribution is 0.345. The topological polar surface area (TPSA) is 37.4 Å². The molecule has 2 atom stereocenters. The second-order valence-electron chi connectivity index (χ2n) is 5.05. The van der Waals surface area contributed by atoms with Crippen LogP contribution >= 0.6 is 0 Å². The summed E-state index contributed by atoms with van der Waals surface area (Å²) in [5.74, 6) is 0. The van der Waals surface area contributed by atoms with Gasteiger partial charge in [0, 0.05) is 17.5 Å². The molecule has 19 heavy (non-hydrogen) atoms. The lowest BCUT2D eigenvalue weighted by Crippen LogP contribution is -2.40. The minimum absolute atomic E-state index is 0.0594. The van der Waals surface area contributed by atoms with Crippen LogP contribution < -0.4 is 0 Å². The Kier molecular flexibility index (Phi) is 3.29. The van der Waals surface area contributed by atoms with Crippen molar-refractivity contribution in [3.05, 3.63) is 53.5 Å². The highest BCUT2D eigenvalue weighted by atomic mass is 32.2. The maximum absolute atomic E-state index is 12.4. The summed E-state index contributed by atoms with van der Waals surface area (Å²) in [5, 5.41) is 1.34. The van der Waals surface area contributed by atoms with E-state index in [9.17, 15) is 8.42 Å². The summed E-state index contributed by atoms with van der Waals surface area (Å²) in [6.45, 7) is 0. The van der Waals surface area contributed by atoms with Gasteiger partial charge in [0.25, 0.3) is 0 Å². The zero-order valence-corrected chi connectivity index (χ0v) is 11.5. The van der Waals surface area contributed by atoms with E-state index in [4.69, 9.17) is 0 Å².